The molecule has 2 fully saturated rings. The lowest BCUT2D eigenvalue weighted by Gasteiger charge is -2.41. The number of fused-ring (bicyclic) bond motifs is 1. The Morgan fingerprint density at radius 2 is 1.30 bits per heavy atom. The lowest BCUT2D eigenvalue weighted by molar-refractivity contribution is -0.161. The van der Waals surface area contributed by atoms with Crippen LogP contribution < -0.4 is 32.6 Å². The van der Waals surface area contributed by atoms with Crippen molar-refractivity contribution in [3.63, 3.8) is 0 Å². The molecule has 2 aromatic carbocycles. The highest BCUT2D eigenvalue weighted by molar-refractivity contribution is 8.76. The number of aromatic amines is 1. The number of esters is 2. The van der Waals surface area contributed by atoms with Gasteiger partial charge < -0.3 is 81.7 Å². The number of piperazine rings is 1. The van der Waals surface area contributed by atoms with Crippen molar-refractivity contribution in [1.82, 2.24) is 65.8 Å². The summed E-state index contributed by atoms with van der Waals surface area (Å²) >= 11 is 1.08. The van der Waals surface area contributed by atoms with E-state index in [-0.39, 0.29) is 139 Å². The maximum atomic E-state index is 15.3. The molecule has 0 saturated carbocycles. The number of nitrogen functional groups attached to an aromatic ring is 1. The predicted octanol–water partition coefficient (Wildman–Crippen LogP) is 7.82. The van der Waals surface area contributed by atoms with Gasteiger partial charge in [-0.1, -0.05) is 119 Å². The third kappa shape index (κ3) is 39.1. The maximum absolute atomic E-state index is 15.3. The second kappa shape index (κ2) is 57.7. The van der Waals surface area contributed by atoms with Gasteiger partial charge in [0.25, 0.3) is 11.5 Å². The number of carboxylic acids is 5. The van der Waals surface area contributed by atoms with Crippen LogP contribution in [0, 0.1) is 53.3 Å². The van der Waals surface area contributed by atoms with Gasteiger partial charge in [-0.15, -0.1) is 11.3 Å². The second-order valence-corrected chi connectivity index (χ2v) is 39.7. The number of carbonyl (C=O) groups is 17. The number of nitrogens with two attached hydrogens (primary N) is 1. The van der Waals surface area contributed by atoms with E-state index in [9.17, 15) is 112 Å². The predicted molar refractivity (Wildman–Crippen MR) is 513 cm³/mol. The number of rotatable bonds is 63. The molecule has 44 heteroatoms. The summed E-state index contributed by atoms with van der Waals surface area (Å²) in [5.74, 6) is -21.3. The molecule has 13 N–H and O–H groups in total. The van der Waals surface area contributed by atoms with Gasteiger partial charge in [0.05, 0.1) is 55.1 Å². The third-order valence-electron chi connectivity index (χ3n) is 24.9. The molecule has 2 saturated heterocycles. The molecule has 5 aromatic rings. The fourth-order valence-corrected chi connectivity index (χ4v) is 19.7. The number of nitrogens with one attached hydrogen (secondary N) is 5. The molecule has 139 heavy (non-hydrogen) atoms. The van der Waals surface area contributed by atoms with E-state index in [2.05, 4.69) is 67.0 Å². The van der Waals surface area contributed by atoms with Crippen molar-refractivity contribution >= 4 is 150 Å². The molecule has 7 rings (SSSR count). The number of carbonyl (C=O) groups excluding carboxylic acids is 12. The van der Waals surface area contributed by atoms with Crippen molar-refractivity contribution in [2.45, 2.75) is 220 Å². The molecule has 2 aliphatic rings. The molecule has 0 radical (unpaired) electrons. The molecule has 5 heterocycles. The zero-order chi connectivity index (χ0) is 102. The minimum atomic E-state index is -1.68. The molecule has 13 atom stereocenters. The summed E-state index contributed by atoms with van der Waals surface area (Å²) in [7, 11) is 4.23. The molecule has 2 unspecified atom stereocenters. The van der Waals surface area contributed by atoms with Gasteiger partial charge in [0.2, 0.25) is 23.7 Å². The Balaban J connectivity index is 0.785. The number of nitrogens with zero attached hydrogens (tertiary/aromatic N) is 8. The number of aliphatic carboxylic acids is 5. The van der Waals surface area contributed by atoms with Crippen LogP contribution in [0.25, 0.3) is 11.2 Å². The van der Waals surface area contributed by atoms with Crippen LogP contribution in [0.5, 0.6) is 5.75 Å². The van der Waals surface area contributed by atoms with Crippen LogP contribution in [0.1, 0.15) is 220 Å². The van der Waals surface area contributed by atoms with Crippen molar-refractivity contribution in [3.05, 3.63) is 104 Å². The zero-order valence-corrected chi connectivity index (χ0v) is 82.5. The molecule has 0 aliphatic carbocycles. The Morgan fingerprint density at radius 1 is 0.669 bits per heavy atom. The van der Waals surface area contributed by atoms with Gasteiger partial charge in [0, 0.05) is 156 Å². The maximum Gasteiger partial charge on any atom is 0.407 e. The quantitative estimate of drug-likeness (QED) is 0.00440. The van der Waals surface area contributed by atoms with Crippen LogP contribution in [0.3, 0.4) is 0 Å². The number of aryl methyl sites for hydroxylation is 2. The third-order valence-corrected chi connectivity index (χ3v) is 28.3. The van der Waals surface area contributed by atoms with Crippen LogP contribution in [0.15, 0.2) is 64.9 Å². The molecule has 762 valence electrons. The van der Waals surface area contributed by atoms with Gasteiger partial charge in [0.1, 0.15) is 46.4 Å². The van der Waals surface area contributed by atoms with Gasteiger partial charge in [-0.05, 0) is 112 Å². The summed E-state index contributed by atoms with van der Waals surface area (Å²) in [5.41, 5.74) is 7.35. The molecule has 41 nitrogen and oxygen atoms in total. The average molecular weight is 2000 g/mol. The highest BCUT2D eigenvalue weighted by Crippen LogP contribution is 2.37. The monoisotopic (exact) mass is 2000 g/mol. The number of phenols is 1. The van der Waals surface area contributed by atoms with Crippen molar-refractivity contribution in [1.29, 1.82) is 0 Å². The molecule has 0 bridgehead atoms. The summed E-state index contributed by atoms with van der Waals surface area (Å²) in [6.07, 6.45) is 0.396. The van der Waals surface area contributed by atoms with E-state index in [1.165, 1.54) is 42.8 Å². The number of amides is 5. The van der Waals surface area contributed by atoms with Crippen LogP contribution in [0.2, 0.25) is 0 Å². The number of Topliss-reactive ketones (excluding diaryl/α,β-unsaturated/α-hetero) is 5. The summed E-state index contributed by atoms with van der Waals surface area (Å²) in [6.45, 7) is 16.4. The summed E-state index contributed by atoms with van der Waals surface area (Å²) < 4.78 is 17.0. The SMILES string of the molecule is CCCC(=O)OCN(C(=O)[C@@H](CC(C)[C@H]1CCCCN1C)[C@H](C)CC)[C@H](C[C@@H](OC(C)=O)c1nc(C(=O)NC(Cc2ccc(O)cc2)C[C@H](C)C(=O)CNC(=O)OCCSSC[C@H](CC(=O)C[C@H](CC(=O)C[C@H](CC(=O)CN2CCN(CCNC(=O)C[C@H](NC(=O)CC[C@H](CC(=O)c3ccc(CCc4cnc5nc(N)[nH]c(=O)c5n4)cc3)C(=O)O)C(=O)O)CC2)C(=O)O)C(=O)O)C(=O)O)cs1)C(C)C. The number of thiazole rings is 1. The van der Waals surface area contributed by atoms with Crippen LogP contribution in [-0.4, -0.2) is 291 Å². The molecular weight excluding hydrogens is 1870 g/mol. The Hall–Kier alpha value is -11.7. The number of benzene rings is 2. The number of piperidine rings is 1. The van der Waals surface area contributed by atoms with Crippen LogP contribution in [0.4, 0.5) is 10.7 Å². The number of anilines is 1. The topological polar surface area (TPSA) is 611 Å². The minimum Gasteiger partial charge on any atom is -0.508 e. The number of aromatic nitrogens is 5. The summed E-state index contributed by atoms with van der Waals surface area (Å²) in [5, 5.41) is 72.0. The number of phenolic OH excluding ortho intramolecular Hbond substituents is 1. The van der Waals surface area contributed by atoms with E-state index in [1.807, 2.05) is 32.6 Å². The highest BCUT2D eigenvalue weighted by atomic mass is 33.1. The number of ether oxygens (including phenoxy) is 3. The Morgan fingerprint density at radius 3 is 1.91 bits per heavy atom. The number of likely N-dealkylation sites (tertiary alicyclic amines) is 1. The first-order valence-corrected chi connectivity index (χ1v) is 50.2. The van der Waals surface area contributed by atoms with Gasteiger partial charge >= 0.3 is 47.9 Å². The second-order valence-electron chi connectivity index (χ2n) is 36.2. The van der Waals surface area contributed by atoms with Crippen molar-refractivity contribution in [3.8, 4) is 5.75 Å². The number of carboxylic acid groups (broad SMARTS) is 5. The number of hydrogen-bond donors (Lipinski definition) is 12. The lowest BCUT2D eigenvalue weighted by atomic mass is 9.78. The van der Waals surface area contributed by atoms with Crippen molar-refractivity contribution < 1.29 is 126 Å². The number of aromatic hydroxyl groups is 1. The van der Waals surface area contributed by atoms with Gasteiger partial charge in [-0.3, -0.25) is 91.5 Å². The summed E-state index contributed by atoms with van der Waals surface area (Å²) in [4.78, 5) is 262. The molecular formula is C95H132N14O27S3. The Labute approximate surface area is 817 Å². The van der Waals surface area contributed by atoms with Crippen LogP contribution >= 0.6 is 32.9 Å². The van der Waals surface area contributed by atoms with E-state index in [1.54, 1.807) is 41.0 Å². The van der Waals surface area contributed by atoms with E-state index >= 15 is 4.79 Å². The van der Waals surface area contributed by atoms with Crippen molar-refractivity contribution in [2.75, 3.05) is 96.5 Å². The molecule has 0 spiro atoms. The number of ketones is 5. The smallest absolute Gasteiger partial charge is 0.407 e. The van der Waals surface area contributed by atoms with Crippen molar-refractivity contribution in [2.24, 2.45) is 53.3 Å². The molecule has 2 aliphatic heterocycles. The number of hydrogen-bond acceptors (Lipinski definition) is 33. The molecule has 5 amide bonds. The highest BCUT2D eigenvalue weighted by Gasteiger charge is 2.41. The largest absolute Gasteiger partial charge is 0.508 e. The van der Waals surface area contributed by atoms with E-state index in [0.29, 0.717) is 69.2 Å². The lowest BCUT2D eigenvalue weighted by Crippen LogP contribution is -2.50. The Bertz CT molecular complexity index is 5110. The van der Waals surface area contributed by atoms with Gasteiger partial charge in [0.15, 0.2) is 35.6 Å². The van der Waals surface area contributed by atoms with E-state index < -0.39 is 218 Å². The summed E-state index contributed by atoms with van der Waals surface area (Å²) in [6, 6.07) is 9.93. The first-order valence-electron chi connectivity index (χ1n) is 46.9. The molecule has 3 aromatic heterocycles. The first-order chi connectivity index (χ1) is 66.0. The van der Waals surface area contributed by atoms with Crippen LogP contribution in [-0.2, 0) is 101 Å². The van der Waals surface area contributed by atoms with Gasteiger partial charge in [-0.25, -0.2) is 24.5 Å². The standard InChI is InChI=1S/C95H132N14O27S3/c1-10-14-82(119)135-53-109(88(122)72(55(5)11-2)38-56(6)75-15-12-13-29-106(75)9)76(54(3)4)47-79(136-58(8)110)87-103-74(52-137-87)85(120)101-67(39-60-19-25-68(111)26-20-60)37-57(7)78(116)49-99-95(133)134-35-36-138-139-51-65(92(129)130)44-70(113)41-63(90(125)126)40-69(112)42-64(91(127)128)43-71(114)50-108-33-31-107(32-34-108)30-28-97-81(118)46-73(93(131)132)102-80(117)27-23-62(89(123)124)45-77(115)61-21-16-59(17-22-61)18-24-66-48-98-84-83(100-66)86(121)105-94(96)104-84/h16-17,19-22,25-26,48,52,54-57,62-65,67,72-73,75-76,79,111H,10-15,18,23-24,27-47,49-51,53H2,1-9H3,(H,97,118)(H,99,133)(H,101,120)(H,102,117)(H,123,124)(H,125,126)(H,127,128)(H,129,130)(H,131,132)(H3,96,98,104,105,121)/t55-,56?,57+,62-,63+,64-,65+,67?,72+,73+,75-,76-,79-/m1/s1. The number of H-pyrrole nitrogens is 1. The Kier molecular flexibility index (Phi) is 47.4. The average Bonchev–Trinajstić information content (AvgIpc) is 1.59. The normalized spacial score (nSPS) is 16.2. The fraction of sp³-hybridized carbons (Fsp3) is 0.600. The van der Waals surface area contributed by atoms with Gasteiger partial charge in [-0.2, -0.15) is 4.98 Å². The minimum absolute atomic E-state index is 0.00109. The van der Waals surface area contributed by atoms with E-state index in [4.69, 9.17) is 24.9 Å². The van der Waals surface area contributed by atoms with E-state index in [0.717, 1.165) is 70.7 Å². The first kappa shape index (κ1) is 114. The fourth-order valence-electron chi connectivity index (χ4n) is 16.8. The number of alkyl carbamates (subject to hydrolysis) is 1. The zero-order valence-electron chi connectivity index (χ0n) is 80.0.